The molecule has 1 unspecified atom stereocenters. The molecule has 0 amide bonds. The van der Waals surface area contributed by atoms with Gasteiger partial charge in [-0.15, -0.1) is 0 Å². The highest BCUT2D eigenvalue weighted by molar-refractivity contribution is 5.85. The summed E-state index contributed by atoms with van der Waals surface area (Å²) in [5, 5.41) is 17.9. The topological polar surface area (TPSA) is 110 Å². The molecule has 0 spiro atoms. The quantitative estimate of drug-likeness (QED) is 0.0364. The summed E-state index contributed by atoms with van der Waals surface area (Å²) in [5.41, 5.74) is 0. The Balaban J connectivity index is 3.29. The van der Waals surface area contributed by atoms with Crippen LogP contribution in [0.25, 0.3) is 0 Å². The number of hydrogen-bond donors (Lipinski definition) is 2. The van der Waals surface area contributed by atoms with E-state index in [0.717, 1.165) is 51.4 Å². The highest BCUT2D eigenvalue weighted by Gasteiger charge is 2.10. The summed E-state index contributed by atoms with van der Waals surface area (Å²) >= 11 is 0. The number of esters is 3. The number of hydrogen-bond acceptors (Lipinski definition) is 7. The molecule has 0 rings (SSSR count). The summed E-state index contributed by atoms with van der Waals surface area (Å²) in [4.78, 5) is 35.6. The molecule has 0 saturated heterocycles. The zero-order valence-electron chi connectivity index (χ0n) is 34.3. The van der Waals surface area contributed by atoms with Crippen LogP contribution in [0.1, 0.15) is 251 Å². The van der Waals surface area contributed by atoms with Gasteiger partial charge in [-0.25, -0.2) is 0 Å². The Morgan fingerprint density at radius 2 is 0.615 bits per heavy atom. The normalized spacial score (nSPS) is 11.9. The summed E-state index contributed by atoms with van der Waals surface area (Å²) in [7, 11) is 0. The molecule has 7 nitrogen and oxygen atoms in total. The molecule has 0 bridgehead atoms. The van der Waals surface area contributed by atoms with Crippen LogP contribution in [-0.4, -0.2) is 47.4 Å². The molecule has 0 aliphatic heterocycles. The summed E-state index contributed by atoms with van der Waals surface area (Å²) in [6.45, 7) is 1.77. The lowest BCUT2D eigenvalue weighted by atomic mass is 10.0. The number of aliphatic hydroxyl groups is 2. The minimum Gasteiger partial charge on any atom is -0.463 e. The lowest BCUT2D eigenvalue weighted by Crippen LogP contribution is -2.21. The molecule has 0 aromatic heterocycles. The van der Waals surface area contributed by atoms with E-state index >= 15 is 0 Å². The molecule has 2 N–H and O–H groups in total. The van der Waals surface area contributed by atoms with E-state index in [1.165, 1.54) is 173 Å². The number of unbranched alkanes of at least 4 members (excludes halogenated alkanes) is 33. The number of carbonyl (C=O) groups is 3. The van der Waals surface area contributed by atoms with Gasteiger partial charge in [-0.2, -0.15) is 0 Å². The van der Waals surface area contributed by atoms with Crippen molar-refractivity contribution < 1.29 is 34.1 Å². The first-order valence-electron chi connectivity index (χ1n) is 22.7. The monoisotopic (exact) mass is 739 g/mol. The van der Waals surface area contributed by atoms with Gasteiger partial charge in [-0.05, 0) is 19.3 Å². The second-order valence-corrected chi connectivity index (χ2v) is 15.6. The maximum atomic E-state index is 12.0. The lowest BCUT2D eigenvalue weighted by molar-refractivity contribution is -0.159. The van der Waals surface area contributed by atoms with Crippen LogP contribution in [0.4, 0.5) is 0 Å². The van der Waals surface area contributed by atoms with Gasteiger partial charge >= 0.3 is 17.9 Å². The first-order chi connectivity index (χ1) is 25.5. The molecule has 0 aromatic carbocycles. The van der Waals surface area contributed by atoms with Gasteiger partial charge in [-0.1, -0.05) is 212 Å². The molecule has 0 aliphatic carbocycles. The van der Waals surface area contributed by atoms with Crippen LogP contribution in [-0.2, 0) is 23.9 Å². The molecule has 7 heteroatoms. The van der Waals surface area contributed by atoms with Gasteiger partial charge in [0, 0.05) is 19.3 Å². The summed E-state index contributed by atoms with van der Waals surface area (Å²) in [5.74, 6) is -0.991. The predicted octanol–water partition coefficient (Wildman–Crippen LogP) is 12.8. The minimum atomic E-state index is -0.979. The van der Waals surface area contributed by atoms with E-state index < -0.39 is 6.10 Å². The highest BCUT2D eigenvalue weighted by Crippen LogP contribution is 2.17. The van der Waals surface area contributed by atoms with Crippen LogP contribution in [0.3, 0.4) is 0 Å². The fraction of sp³-hybridized carbons (Fsp3) is 0.933. The average Bonchev–Trinajstić information content (AvgIpc) is 3.14. The Hall–Kier alpha value is -1.47. The van der Waals surface area contributed by atoms with E-state index in [-0.39, 0.29) is 31.1 Å². The van der Waals surface area contributed by atoms with E-state index in [1.54, 1.807) is 0 Å². The SMILES string of the molecule is CCCCCCCCCCCCCCCCCCCCCC(=O)OC(=O)CCCCCCCCCCCCCCCCCCC(=O)OCC(O)CO. The van der Waals surface area contributed by atoms with Crippen LogP contribution in [0.5, 0.6) is 0 Å². The van der Waals surface area contributed by atoms with Crippen molar-refractivity contribution in [3.63, 3.8) is 0 Å². The van der Waals surface area contributed by atoms with Gasteiger partial charge in [0.2, 0.25) is 0 Å². The van der Waals surface area contributed by atoms with Gasteiger partial charge in [0.25, 0.3) is 0 Å². The van der Waals surface area contributed by atoms with E-state index in [0.29, 0.717) is 19.3 Å². The number of rotatable bonds is 42. The van der Waals surface area contributed by atoms with Crippen molar-refractivity contribution in [1.82, 2.24) is 0 Å². The summed E-state index contributed by atoms with van der Waals surface area (Å²) in [6.07, 6.45) is 44.2. The van der Waals surface area contributed by atoms with Gasteiger partial charge in [0.05, 0.1) is 6.61 Å². The van der Waals surface area contributed by atoms with Crippen molar-refractivity contribution >= 4 is 17.9 Å². The Morgan fingerprint density at radius 3 is 0.865 bits per heavy atom. The first kappa shape index (κ1) is 50.5. The van der Waals surface area contributed by atoms with Gasteiger partial charge in [0.1, 0.15) is 12.7 Å². The maximum absolute atomic E-state index is 12.0. The Kier molecular flexibility index (Phi) is 41.1. The van der Waals surface area contributed by atoms with Gasteiger partial charge in [-0.3, -0.25) is 14.4 Å². The Labute approximate surface area is 321 Å². The van der Waals surface area contributed by atoms with Crippen LogP contribution < -0.4 is 0 Å². The molecular weight excluding hydrogens is 652 g/mol. The van der Waals surface area contributed by atoms with Crippen molar-refractivity contribution in [1.29, 1.82) is 0 Å². The molecule has 0 aliphatic rings. The van der Waals surface area contributed by atoms with Gasteiger partial charge < -0.3 is 19.7 Å². The van der Waals surface area contributed by atoms with E-state index in [2.05, 4.69) is 6.92 Å². The van der Waals surface area contributed by atoms with Crippen molar-refractivity contribution in [3.05, 3.63) is 0 Å². The molecule has 0 saturated carbocycles. The molecule has 0 radical (unpaired) electrons. The Morgan fingerprint density at radius 1 is 0.385 bits per heavy atom. The second kappa shape index (κ2) is 42.3. The second-order valence-electron chi connectivity index (χ2n) is 15.6. The number of ether oxygens (including phenoxy) is 2. The molecule has 52 heavy (non-hydrogen) atoms. The van der Waals surface area contributed by atoms with E-state index in [4.69, 9.17) is 14.6 Å². The minimum absolute atomic E-state index is 0.126. The van der Waals surface area contributed by atoms with Crippen LogP contribution >= 0.6 is 0 Å². The summed E-state index contributed by atoms with van der Waals surface area (Å²) in [6, 6.07) is 0. The molecular formula is C45H86O7. The predicted molar refractivity (Wildman–Crippen MR) is 216 cm³/mol. The van der Waals surface area contributed by atoms with Crippen LogP contribution in [0.15, 0.2) is 0 Å². The zero-order chi connectivity index (χ0) is 38.0. The third kappa shape index (κ3) is 41.3. The molecule has 1 atom stereocenters. The standard InChI is InChI=1S/C45H86O7/c1-2-3-4-5-6-7-8-9-10-11-12-13-17-20-23-26-29-32-35-38-44(49)52-45(50)39-36-33-30-27-24-21-18-15-14-16-19-22-25-28-31-34-37-43(48)51-41-42(47)40-46/h42,46-47H,2-41H2,1H3. The third-order valence-corrected chi connectivity index (χ3v) is 10.4. The number of carbonyl (C=O) groups excluding carboxylic acids is 3. The van der Waals surface area contributed by atoms with Crippen molar-refractivity contribution in [2.75, 3.05) is 13.2 Å². The van der Waals surface area contributed by atoms with E-state index in [1.807, 2.05) is 0 Å². The fourth-order valence-corrected chi connectivity index (χ4v) is 6.90. The number of aliphatic hydroxyl groups excluding tert-OH is 2. The van der Waals surface area contributed by atoms with Crippen molar-refractivity contribution in [3.8, 4) is 0 Å². The first-order valence-corrected chi connectivity index (χ1v) is 22.7. The molecule has 308 valence electrons. The smallest absolute Gasteiger partial charge is 0.313 e. The lowest BCUT2D eigenvalue weighted by Gasteiger charge is -2.08. The highest BCUT2D eigenvalue weighted by atomic mass is 16.6. The van der Waals surface area contributed by atoms with Crippen molar-refractivity contribution in [2.24, 2.45) is 0 Å². The fourth-order valence-electron chi connectivity index (χ4n) is 6.90. The molecule has 0 aromatic rings. The average molecular weight is 739 g/mol. The molecule has 0 fully saturated rings. The van der Waals surface area contributed by atoms with Crippen LogP contribution in [0.2, 0.25) is 0 Å². The zero-order valence-corrected chi connectivity index (χ0v) is 34.3. The van der Waals surface area contributed by atoms with Crippen molar-refractivity contribution in [2.45, 2.75) is 257 Å². The van der Waals surface area contributed by atoms with Gasteiger partial charge in [0.15, 0.2) is 0 Å². The Bertz CT molecular complexity index is 771. The van der Waals surface area contributed by atoms with Crippen LogP contribution in [0, 0.1) is 0 Å². The third-order valence-electron chi connectivity index (χ3n) is 10.4. The van der Waals surface area contributed by atoms with E-state index in [9.17, 15) is 19.5 Å². The maximum Gasteiger partial charge on any atom is 0.313 e. The molecule has 0 heterocycles. The summed E-state index contributed by atoms with van der Waals surface area (Å²) < 4.78 is 9.94. The largest absolute Gasteiger partial charge is 0.463 e.